The van der Waals surface area contributed by atoms with E-state index in [1.165, 1.54) is 12.0 Å². The van der Waals surface area contributed by atoms with E-state index in [2.05, 4.69) is 50.4 Å². The molecule has 164 valence electrons. The summed E-state index contributed by atoms with van der Waals surface area (Å²) >= 11 is 3.48. The van der Waals surface area contributed by atoms with E-state index in [0.717, 1.165) is 62.9 Å². The topological polar surface area (TPSA) is 52.7 Å². The van der Waals surface area contributed by atoms with E-state index in [4.69, 9.17) is 0 Å². The van der Waals surface area contributed by atoms with Gasteiger partial charge in [0, 0.05) is 30.7 Å². The number of hydrogen-bond donors (Lipinski definition) is 1. The maximum absolute atomic E-state index is 13.1. The minimum Gasteiger partial charge on any atom is -0.339 e. The van der Waals surface area contributed by atoms with Gasteiger partial charge in [-0.25, -0.2) is 0 Å². The number of rotatable bonds is 5. The molecule has 2 aliphatic rings. The number of benzene rings is 2. The number of likely N-dealkylation sites (tertiary alicyclic amines) is 2. The third-order valence-electron chi connectivity index (χ3n) is 6.25. The van der Waals surface area contributed by atoms with E-state index in [1.54, 1.807) is 0 Å². The van der Waals surface area contributed by atoms with Crippen LogP contribution in [0.4, 0.5) is 5.69 Å². The normalized spacial score (nSPS) is 19.8. The predicted octanol–water partition coefficient (Wildman–Crippen LogP) is 4.93. The van der Waals surface area contributed by atoms with Gasteiger partial charge < -0.3 is 10.2 Å². The number of nitrogens with one attached hydrogen (secondary N) is 1. The van der Waals surface area contributed by atoms with Gasteiger partial charge in [-0.15, -0.1) is 0 Å². The number of para-hydroxylation sites is 1. The molecule has 2 amide bonds. The van der Waals surface area contributed by atoms with Crippen molar-refractivity contribution >= 4 is 33.4 Å². The Balaban J connectivity index is 1.39. The zero-order chi connectivity index (χ0) is 21.6. The molecule has 0 bridgehead atoms. The molecule has 2 heterocycles. The number of halogens is 1. The third kappa shape index (κ3) is 5.74. The van der Waals surface area contributed by atoms with Crippen molar-refractivity contribution in [3.05, 3.63) is 64.1 Å². The zero-order valence-corrected chi connectivity index (χ0v) is 19.4. The Morgan fingerprint density at radius 1 is 0.935 bits per heavy atom. The first kappa shape index (κ1) is 22.0. The second kappa shape index (κ2) is 10.4. The van der Waals surface area contributed by atoms with Crippen LogP contribution < -0.4 is 5.32 Å². The summed E-state index contributed by atoms with van der Waals surface area (Å²) in [5.41, 5.74) is 2.48. The van der Waals surface area contributed by atoms with Gasteiger partial charge in [0.1, 0.15) is 0 Å². The Labute approximate surface area is 192 Å². The minimum atomic E-state index is -0.0673. The molecule has 4 rings (SSSR count). The van der Waals surface area contributed by atoms with Gasteiger partial charge in [-0.3, -0.25) is 14.5 Å². The summed E-state index contributed by atoms with van der Waals surface area (Å²) in [6.07, 6.45) is 5.17. The number of carbonyl (C=O) groups is 2. The molecule has 31 heavy (non-hydrogen) atoms. The van der Waals surface area contributed by atoms with Crippen LogP contribution in [0.15, 0.2) is 53.0 Å². The highest BCUT2D eigenvalue weighted by Gasteiger charge is 2.27. The molecule has 0 aromatic heterocycles. The lowest BCUT2D eigenvalue weighted by Crippen LogP contribution is -2.40. The molecule has 5 nitrogen and oxygen atoms in total. The Morgan fingerprint density at radius 3 is 2.45 bits per heavy atom. The van der Waals surface area contributed by atoms with Gasteiger partial charge in [0.15, 0.2) is 0 Å². The predicted molar refractivity (Wildman–Crippen MR) is 127 cm³/mol. The van der Waals surface area contributed by atoms with Crippen molar-refractivity contribution < 1.29 is 9.59 Å². The number of hydrogen-bond acceptors (Lipinski definition) is 3. The van der Waals surface area contributed by atoms with Crippen molar-refractivity contribution in [2.45, 2.75) is 38.6 Å². The van der Waals surface area contributed by atoms with E-state index < -0.39 is 0 Å². The second-order valence-electron chi connectivity index (χ2n) is 8.59. The summed E-state index contributed by atoms with van der Waals surface area (Å²) in [7, 11) is 0. The molecule has 2 aromatic carbocycles. The van der Waals surface area contributed by atoms with Crippen LogP contribution in [-0.2, 0) is 11.3 Å². The van der Waals surface area contributed by atoms with E-state index in [0.29, 0.717) is 11.3 Å². The second-order valence-corrected chi connectivity index (χ2v) is 9.50. The maximum atomic E-state index is 13.1. The number of anilines is 1. The lowest BCUT2D eigenvalue weighted by atomic mass is 9.96. The number of piperidine rings is 2. The van der Waals surface area contributed by atoms with Crippen LogP contribution in [0.2, 0.25) is 0 Å². The molecule has 0 spiro atoms. The van der Waals surface area contributed by atoms with Crippen LogP contribution >= 0.6 is 15.9 Å². The smallest absolute Gasteiger partial charge is 0.255 e. The minimum absolute atomic E-state index is 0.0133. The Morgan fingerprint density at radius 2 is 1.68 bits per heavy atom. The Hall–Kier alpha value is -2.18. The summed E-state index contributed by atoms with van der Waals surface area (Å²) in [5.74, 6) is -0.0298. The lowest BCUT2D eigenvalue weighted by Gasteiger charge is -2.32. The third-order valence-corrected chi connectivity index (χ3v) is 6.78. The highest BCUT2D eigenvalue weighted by Crippen LogP contribution is 2.24. The fourth-order valence-electron chi connectivity index (χ4n) is 4.54. The van der Waals surface area contributed by atoms with Gasteiger partial charge in [0.2, 0.25) is 5.91 Å². The summed E-state index contributed by atoms with van der Waals surface area (Å²) < 4.78 is 1.07. The van der Waals surface area contributed by atoms with Crippen LogP contribution in [0.3, 0.4) is 0 Å². The van der Waals surface area contributed by atoms with Gasteiger partial charge in [0.05, 0.1) is 17.2 Å². The zero-order valence-electron chi connectivity index (χ0n) is 17.9. The molecule has 1 N–H and O–H groups in total. The molecule has 6 heteroatoms. The first-order valence-corrected chi connectivity index (χ1v) is 12.1. The van der Waals surface area contributed by atoms with Crippen molar-refractivity contribution in [3.8, 4) is 0 Å². The largest absolute Gasteiger partial charge is 0.339 e. The number of nitrogens with zero attached hydrogens (tertiary/aromatic N) is 2. The van der Waals surface area contributed by atoms with Crippen molar-refractivity contribution in [2.24, 2.45) is 5.92 Å². The molecule has 2 saturated heterocycles. The summed E-state index contributed by atoms with van der Waals surface area (Å²) in [4.78, 5) is 30.4. The fraction of sp³-hybridized carbons (Fsp3) is 0.440. The SMILES string of the molecule is O=C(Nc1ccccc1C(=O)N1CCCCC1)C1CCCN(Cc2ccc(Br)cc2)C1. The molecule has 1 atom stereocenters. The van der Waals surface area contributed by atoms with Crippen LogP contribution in [-0.4, -0.2) is 47.8 Å². The van der Waals surface area contributed by atoms with E-state index >= 15 is 0 Å². The molecule has 2 aliphatic heterocycles. The van der Waals surface area contributed by atoms with Gasteiger partial charge in [-0.1, -0.05) is 40.2 Å². The Bertz CT molecular complexity index is 909. The van der Waals surface area contributed by atoms with Crippen LogP contribution in [0.25, 0.3) is 0 Å². The molecule has 0 aliphatic carbocycles. The number of carbonyl (C=O) groups excluding carboxylic acids is 2. The van der Waals surface area contributed by atoms with Crippen molar-refractivity contribution in [1.82, 2.24) is 9.80 Å². The lowest BCUT2D eigenvalue weighted by molar-refractivity contribution is -0.121. The van der Waals surface area contributed by atoms with Crippen molar-refractivity contribution in [3.63, 3.8) is 0 Å². The maximum Gasteiger partial charge on any atom is 0.255 e. The molecular weight excluding hydrogens is 454 g/mol. The molecule has 1 unspecified atom stereocenters. The fourth-order valence-corrected chi connectivity index (χ4v) is 4.81. The van der Waals surface area contributed by atoms with Crippen molar-refractivity contribution in [1.29, 1.82) is 0 Å². The van der Waals surface area contributed by atoms with Crippen LogP contribution in [0, 0.1) is 5.92 Å². The monoisotopic (exact) mass is 483 g/mol. The standard InChI is InChI=1S/C25H30BrN3O2/c26-21-12-10-19(11-13-21)17-28-14-6-7-20(18-28)24(30)27-23-9-3-2-8-22(23)25(31)29-15-4-1-5-16-29/h2-3,8-13,20H,1,4-7,14-18H2,(H,27,30). The van der Waals surface area contributed by atoms with Gasteiger partial charge in [-0.2, -0.15) is 0 Å². The highest BCUT2D eigenvalue weighted by molar-refractivity contribution is 9.10. The van der Waals surface area contributed by atoms with E-state index in [1.807, 2.05) is 29.2 Å². The molecule has 0 saturated carbocycles. The summed E-state index contributed by atoms with van der Waals surface area (Å²) in [5, 5.41) is 3.07. The van der Waals surface area contributed by atoms with Gasteiger partial charge in [-0.05, 0) is 68.5 Å². The highest BCUT2D eigenvalue weighted by atomic mass is 79.9. The summed E-state index contributed by atoms with van der Waals surface area (Å²) in [6, 6.07) is 15.8. The molecular formula is C25H30BrN3O2. The molecule has 2 aromatic rings. The Kier molecular flexibility index (Phi) is 7.41. The molecule has 0 radical (unpaired) electrons. The van der Waals surface area contributed by atoms with E-state index in [9.17, 15) is 9.59 Å². The van der Waals surface area contributed by atoms with Crippen LogP contribution in [0.5, 0.6) is 0 Å². The summed E-state index contributed by atoms with van der Waals surface area (Å²) in [6.45, 7) is 4.19. The quantitative estimate of drug-likeness (QED) is 0.655. The number of amides is 2. The van der Waals surface area contributed by atoms with Crippen molar-refractivity contribution in [2.75, 3.05) is 31.5 Å². The first-order chi connectivity index (χ1) is 15.1. The van der Waals surface area contributed by atoms with Crippen LogP contribution in [0.1, 0.15) is 48.0 Å². The van der Waals surface area contributed by atoms with Gasteiger partial charge in [0.25, 0.3) is 5.91 Å². The van der Waals surface area contributed by atoms with Gasteiger partial charge >= 0.3 is 0 Å². The first-order valence-electron chi connectivity index (χ1n) is 11.3. The molecule has 2 fully saturated rings. The average molecular weight is 484 g/mol. The van der Waals surface area contributed by atoms with E-state index in [-0.39, 0.29) is 17.7 Å². The average Bonchev–Trinajstić information content (AvgIpc) is 2.81.